The summed E-state index contributed by atoms with van der Waals surface area (Å²) in [7, 11) is 0. The van der Waals surface area contributed by atoms with E-state index < -0.39 is 12.2 Å². The zero-order valence-electron chi connectivity index (χ0n) is 16.6. The maximum absolute atomic E-state index is 12.4. The fraction of sp³-hybridized carbons (Fsp3) is 0.120. The predicted octanol–water partition coefficient (Wildman–Crippen LogP) is 4.27. The molecule has 6 nitrogen and oxygen atoms in total. The summed E-state index contributed by atoms with van der Waals surface area (Å²) in [6.45, 7) is 0.124. The number of hydrogen-bond donors (Lipinski definition) is 2. The number of ketones is 1. The van der Waals surface area contributed by atoms with Crippen molar-refractivity contribution in [2.24, 2.45) is 0 Å². The number of rotatable bonds is 6. The second-order valence-electron chi connectivity index (χ2n) is 7.21. The van der Waals surface area contributed by atoms with E-state index in [1.807, 2.05) is 36.4 Å². The van der Waals surface area contributed by atoms with Gasteiger partial charge in [-0.15, -0.1) is 0 Å². The van der Waals surface area contributed by atoms with Crippen LogP contribution in [0.1, 0.15) is 15.9 Å². The van der Waals surface area contributed by atoms with Crippen molar-refractivity contribution in [2.45, 2.75) is 6.10 Å². The Morgan fingerprint density at radius 1 is 0.968 bits per heavy atom. The molecule has 0 bridgehead atoms. The van der Waals surface area contributed by atoms with E-state index in [0.29, 0.717) is 17.8 Å². The lowest BCUT2D eigenvalue weighted by atomic mass is 10.0. The van der Waals surface area contributed by atoms with Crippen molar-refractivity contribution in [1.82, 2.24) is 0 Å². The van der Waals surface area contributed by atoms with E-state index in [9.17, 15) is 14.7 Å². The quantitative estimate of drug-likeness (QED) is 0.464. The number of carbonyl (C=O) groups is 2. The van der Waals surface area contributed by atoms with Gasteiger partial charge in [0.15, 0.2) is 5.78 Å². The summed E-state index contributed by atoms with van der Waals surface area (Å²) in [5.41, 5.74) is 4.01. The monoisotopic (exact) mass is 415 g/mol. The lowest BCUT2D eigenvalue weighted by Gasteiger charge is -2.13. The van der Waals surface area contributed by atoms with Gasteiger partial charge >= 0.3 is 6.09 Å². The Balaban J connectivity index is 1.43. The second kappa shape index (κ2) is 8.85. The Morgan fingerprint density at radius 3 is 2.16 bits per heavy atom. The van der Waals surface area contributed by atoms with Gasteiger partial charge in [-0.3, -0.25) is 9.69 Å². The zero-order chi connectivity index (χ0) is 21.8. The number of aliphatic hydroxyl groups is 1. The first-order valence-corrected chi connectivity index (χ1v) is 9.84. The van der Waals surface area contributed by atoms with Crippen molar-refractivity contribution >= 4 is 23.6 Å². The van der Waals surface area contributed by atoms with E-state index in [0.717, 1.165) is 16.7 Å². The van der Waals surface area contributed by atoms with Crippen LogP contribution in [0.2, 0.25) is 0 Å². The first-order chi connectivity index (χ1) is 15.0. The molecule has 1 aliphatic heterocycles. The Bertz CT molecular complexity index is 1100. The highest BCUT2D eigenvalue weighted by atomic mass is 16.6. The minimum absolute atomic E-state index is 0.110. The maximum atomic E-state index is 12.4. The summed E-state index contributed by atoms with van der Waals surface area (Å²) in [6.07, 6.45) is 2.25. The molecule has 1 aliphatic rings. The number of cyclic esters (lactones) is 1. The highest BCUT2D eigenvalue weighted by molar-refractivity contribution is 6.07. The minimum atomic E-state index is -0.500. The number of phenolic OH excluding ortho intramolecular Hbond substituents is 1. The van der Waals surface area contributed by atoms with E-state index in [1.54, 1.807) is 42.5 Å². The fourth-order valence-electron chi connectivity index (χ4n) is 3.34. The van der Waals surface area contributed by atoms with Crippen LogP contribution in [0.4, 0.5) is 10.5 Å². The normalized spacial score (nSPS) is 16.0. The van der Waals surface area contributed by atoms with Crippen molar-refractivity contribution in [2.75, 3.05) is 18.1 Å². The van der Waals surface area contributed by atoms with E-state index in [1.165, 1.54) is 11.0 Å². The number of anilines is 1. The van der Waals surface area contributed by atoms with Gasteiger partial charge < -0.3 is 14.9 Å². The molecule has 1 heterocycles. The summed E-state index contributed by atoms with van der Waals surface area (Å²) in [6, 6.07) is 21.4. The maximum Gasteiger partial charge on any atom is 0.414 e. The van der Waals surface area contributed by atoms with Crippen molar-refractivity contribution in [3.8, 4) is 16.9 Å². The Morgan fingerprint density at radius 2 is 1.58 bits per heavy atom. The zero-order valence-corrected chi connectivity index (χ0v) is 16.6. The highest BCUT2D eigenvalue weighted by Crippen LogP contribution is 2.26. The number of amides is 1. The molecule has 0 aliphatic carbocycles. The third-order valence-electron chi connectivity index (χ3n) is 5.08. The lowest BCUT2D eigenvalue weighted by Crippen LogP contribution is -2.25. The van der Waals surface area contributed by atoms with Crippen LogP contribution in [0.15, 0.2) is 78.9 Å². The molecule has 4 rings (SSSR count). The molecule has 1 atom stereocenters. The number of hydrogen-bond acceptors (Lipinski definition) is 5. The van der Waals surface area contributed by atoms with Crippen molar-refractivity contribution in [1.29, 1.82) is 0 Å². The molecule has 3 aromatic rings. The number of carbonyl (C=O) groups excluding carboxylic acids is 2. The van der Waals surface area contributed by atoms with Crippen LogP contribution in [-0.2, 0) is 4.74 Å². The summed E-state index contributed by atoms with van der Waals surface area (Å²) in [5, 5.41) is 18.5. The number of ether oxygens (including phenoxy) is 1. The summed E-state index contributed by atoms with van der Waals surface area (Å²) in [4.78, 5) is 25.8. The second-order valence-corrected chi connectivity index (χ2v) is 7.21. The molecular weight excluding hydrogens is 394 g/mol. The SMILES string of the molecule is O=C(/C=C/c1ccc(O)cc1)c1ccc(-c2ccc(N3C[C@H](CO)OC3=O)cc2)cc1. The van der Waals surface area contributed by atoms with Gasteiger partial charge in [-0.25, -0.2) is 4.79 Å². The van der Waals surface area contributed by atoms with Crippen molar-refractivity contribution in [3.63, 3.8) is 0 Å². The fourth-order valence-corrected chi connectivity index (χ4v) is 3.34. The number of aliphatic hydroxyl groups excluding tert-OH is 1. The molecule has 1 amide bonds. The molecule has 0 saturated carbocycles. The molecule has 2 N–H and O–H groups in total. The number of phenols is 1. The number of nitrogens with zero attached hydrogens (tertiary/aromatic N) is 1. The third kappa shape index (κ3) is 4.65. The molecule has 31 heavy (non-hydrogen) atoms. The van der Waals surface area contributed by atoms with Gasteiger partial charge in [0, 0.05) is 11.3 Å². The van der Waals surface area contributed by atoms with Gasteiger partial charge in [-0.05, 0) is 47.0 Å². The van der Waals surface area contributed by atoms with E-state index >= 15 is 0 Å². The first-order valence-electron chi connectivity index (χ1n) is 9.84. The molecule has 3 aromatic carbocycles. The molecule has 1 fully saturated rings. The minimum Gasteiger partial charge on any atom is -0.508 e. The van der Waals surface area contributed by atoms with E-state index in [-0.39, 0.29) is 18.1 Å². The largest absolute Gasteiger partial charge is 0.508 e. The molecule has 0 aromatic heterocycles. The standard InChI is InChI=1S/C25H21NO5/c27-16-23-15-26(25(30)31-23)21-10-8-19(9-11-21)18-4-6-20(7-5-18)24(29)14-3-17-1-12-22(28)13-2-17/h1-14,23,27-28H,15-16H2/b14-3+/t23-/m1/s1. The van der Waals surface area contributed by atoms with Crippen LogP contribution in [0, 0.1) is 0 Å². The predicted molar refractivity (Wildman–Crippen MR) is 118 cm³/mol. The molecule has 0 spiro atoms. The summed E-state index contributed by atoms with van der Waals surface area (Å²) in [5.74, 6) is 0.0720. The average molecular weight is 415 g/mol. The molecular formula is C25H21NO5. The smallest absolute Gasteiger partial charge is 0.414 e. The Hall–Kier alpha value is -3.90. The summed E-state index contributed by atoms with van der Waals surface area (Å²) >= 11 is 0. The van der Waals surface area contributed by atoms with Gasteiger partial charge in [-0.1, -0.05) is 54.6 Å². The molecule has 0 radical (unpaired) electrons. The van der Waals surface area contributed by atoms with E-state index in [4.69, 9.17) is 9.84 Å². The lowest BCUT2D eigenvalue weighted by molar-refractivity contribution is 0.0963. The van der Waals surface area contributed by atoms with Crippen molar-refractivity contribution < 1.29 is 24.5 Å². The van der Waals surface area contributed by atoms with Crippen molar-refractivity contribution in [3.05, 3.63) is 90.0 Å². The van der Waals surface area contributed by atoms with Gasteiger partial charge in [0.2, 0.25) is 0 Å². The number of allylic oxidation sites excluding steroid dienone is 1. The third-order valence-corrected chi connectivity index (χ3v) is 5.08. The first kappa shape index (κ1) is 20.4. The molecule has 0 unspecified atom stereocenters. The highest BCUT2D eigenvalue weighted by Gasteiger charge is 2.31. The average Bonchev–Trinajstić information content (AvgIpc) is 3.19. The Kier molecular flexibility index (Phi) is 5.82. The topological polar surface area (TPSA) is 87.1 Å². The van der Waals surface area contributed by atoms with Crippen LogP contribution >= 0.6 is 0 Å². The Labute approximate surface area is 179 Å². The van der Waals surface area contributed by atoms with Crippen LogP contribution in [0.5, 0.6) is 5.75 Å². The van der Waals surface area contributed by atoms with Gasteiger partial charge in [0.1, 0.15) is 11.9 Å². The molecule has 6 heteroatoms. The van der Waals surface area contributed by atoms with Crippen LogP contribution in [0.3, 0.4) is 0 Å². The molecule has 1 saturated heterocycles. The molecule has 156 valence electrons. The van der Waals surface area contributed by atoms with Gasteiger partial charge in [0.25, 0.3) is 0 Å². The van der Waals surface area contributed by atoms with Crippen LogP contribution in [0.25, 0.3) is 17.2 Å². The van der Waals surface area contributed by atoms with E-state index in [2.05, 4.69) is 0 Å². The van der Waals surface area contributed by atoms with Gasteiger partial charge in [0.05, 0.1) is 13.2 Å². The summed E-state index contributed by atoms with van der Waals surface area (Å²) < 4.78 is 5.07. The van der Waals surface area contributed by atoms with Crippen LogP contribution in [-0.4, -0.2) is 41.3 Å². The van der Waals surface area contributed by atoms with Crippen LogP contribution < -0.4 is 4.90 Å². The number of aromatic hydroxyl groups is 1. The van der Waals surface area contributed by atoms with Gasteiger partial charge in [-0.2, -0.15) is 0 Å². The number of benzene rings is 3.